The van der Waals surface area contributed by atoms with E-state index in [2.05, 4.69) is 45.6 Å². The van der Waals surface area contributed by atoms with Gasteiger partial charge in [-0.3, -0.25) is 4.90 Å². The second kappa shape index (κ2) is 10.5. The Kier molecular flexibility index (Phi) is 7.30. The molecular formula is C28H29F2N3. The van der Waals surface area contributed by atoms with E-state index in [1.54, 1.807) is 12.3 Å². The summed E-state index contributed by atoms with van der Waals surface area (Å²) < 4.78 is 30.1. The lowest BCUT2D eigenvalue weighted by Crippen LogP contribution is -2.50. The molecule has 0 bridgehead atoms. The van der Waals surface area contributed by atoms with Crippen LogP contribution in [0, 0.1) is 11.6 Å². The number of benzene rings is 3. The van der Waals surface area contributed by atoms with Crippen molar-refractivity contribution in [2.24, 2.45) is 0 Å². The normalized spacial score (nSPS) is 11.8. The fourth-order valence-corrected chi connectivity index (χ4v) is 4.52. The fraction of sp³-hybridized carbons (Fsp3) is 0.250. The number of unbranched alkanes of at least 4 members (excludes halogenated alkanes) is 1. The number of aromatic nitrogens is 2. The van der Waals surface area contributed by atoms with Crippen molar-refractivity contribution in [1.82, 2.24) is 14.5 Å². The second-order valence-corrected chi connectivity index (χ2v) is 8.35. The molecule has 4 aromatic rings. The van der Waals surface area contributed by atoms with Crippen molar-refractivity contribution in [2.45, 2.75) is 38.4 Å². The first-order valence-corrected chi connectivity index (χ1v) is 11.4. The van der Waals surface area contributed by atoms with Gasteiger partial charge in [-0.15, -0.1) is 0 Å². The minimum absolute atomic E-state index is 0.497. The van der Waals surface area contributed by atoms with Gasteiger partial charge in [-0.2, -0.15) is 0 Å². The minimum atomic E-state index is -0.829. The van der Waals surface area contributed by atoms with Crippen molar-refractivity contribution in [1.29, 1.82) is 0 Å². The van der Waals surface area contributed by atoms with E-state index in [9.17, 15) is 8.78 Å². The minimum Gasteiger partial charge on any atom is -0.324 e. The molecule has 0 aliphatic rings. The lowest BCUT2D eigenvalue weighted by Gasteiger charge is -2.45. The third-order valence-corrected chi connectivity index (χ3v) is 6.16. The zero-order valence-corrected chi connectivity index (χ0v) is 18.9. The molecule has 4 rings (SSSR count). The molecular weight excluding hydrogens is 416 g/mol. The van der Waals surface area contributed by atoms with Crippen LogP contribution in [-0.4, -0.2) is 21.0 Å². The highest BCUT2D eigenvalue weighted by Gasteiger charge is 2.40. The molecule has 0 atom stereocenters. The van der Waals surface area contributed by atoms with Crippen molar-refractivity contribution in [3.8, 4) is 0 Å². The third kappa shape index (κ3) is 5.04. The van der Waals surface area contributed by atoms with Crippen molar-refractivity contribution >= 4 is 0 Å². The molecule has 0 aliphatic heterocycles. The first-order chi connectivity index (χ1) is 16.1. The van der Waals surface area contributed by atoms with E-state index in [1.807, 2.05) is 48.9 Å². The smallest absolute Gasteiger partial charge is 0.159 e. The van der Waals surface area contributed by atoms with Gasteiger partial charge in [-0.25, -0.2) is 13.8 Å². The Morgan fingerprint density at radius 2 is 1.55 bits per heavy atom. The summed E-state index contributed by atoms with van der Waals surface area (Å²) in [6, 6.07) is 24.9. The Morgan fingerprint density at radius 3 is 2.09 bits per heavy atom. The third-order valence-electron chi connectivity index (χ3n) is 6.16. The molecule has 0 saturated carbocycles. The molecule has 0 fully saturated rings. The molecule has 0 aliphatic carbocycles. The maximum atomic E-state index is 14.3. The van der Waals surface area contributed by atoms with E-state index >= 15 is 0 Å². The van der Waals surface area contributed by atoms with Gasteiger partial charge in [0.1, 0.15) is 0 Å². The van der Waals surface area contributed by atoms with Gasteiger partial charge in [0.15, 0.2) is 11.6 Å². The van der Waals surface area contributed by atoms with Crippen LogP contribution in [0.4, 0.5) is 8.78 Å². The lowest BCUT2D eigenvalue weighted by molar-refractivity contribution is 0.0813. The van der Waals surface area contributed by atoms with E-state index in [-0.39, 0.29) is 0 Å². The molecule has 1 aromatic heterocycles. The summed E-state index contributed by atoms with van der Waals surface area (Å²) in [7, 11) is 0. The molecule has 0 unspecified atom stereocenters. The summed E-state index contributed by atoms with van der Waals surface area (Å²) in [6.45, 7) is 3.63. The zero-order valence-electron chi connectivity index (χ0n) is 18.9. The lowest BCUT2D eigenvalue weighted by atomic mass is 9.76. The van der Waals surface area contributed by atoms with Gasteiger partial charge in [0, 0.05) is 18.9 Å². The second-order valence-electron chi connectivity index (χ2n) is 8.35. The number of rotatable bonds is 10. The first-order valence-electron chi connectivity index (χ1n) is 11.4. The van der Waals surface area contributed by atoms with Crippen LogP contribution >= 0.6 is 0 Å². The van der Waals surface area contributed by atoms with Crippen LogP contribution in [0.25, 0.3) is 0 Å². The van der Waals surface area contributed by atoms with Crippen molar-refractivity contribution in [2.75, 3.05) is 6.54 Å². The molecule has 33 heavy (non-hydrogen) atoms. The van der Waals surface area contributed by atoms with Gasteiger partial charge in [0.05, 0.1) is 18.5 Å². The Labute approximate surface area is 194 Å². The highest BCUT2D eigenvalue weighted by atomic mass is 19.2. The summed E-state index contributed by atoms with van der Waals surface area (Å²) in [4.78, 5) is 6.67. The number of halogens is 2. The van der Waals surface area contributed by atoms with Crippen LogP contribution < -0.4 is 0 Å². The van der Waals surface area contributed by atoms with Crippen LogP contribution in [0.1, 0.15) is 36.5 Å². The van der Waals surface area contributed by atoms with Crippen molar-refractivity contribution in [3.63, 3.8) is 0 Å². The van der Waals surface area contributed by atoms with E-state index in [4.69, 9.17) is 0 Å². The summed E-state index contributed by atoms with van der Waals surface area (Å²) >= 11 is 0. The standard InChI is InChI=1S/C28H29F2N3/c1-2-3-17-33(22-32-18-16-31-21-32)28(24-10-6-4-7-11-24,25-12-8-5-9-13-25)20-23-14-15-26(29)27(30)19-23/h4-16,18-19,21H,2-3,17,20,22H2,1H3. The quantitative estimate of drug-likeness (QED) is 0.281. The van der Waals surface area contributed by atoms with Crippen LogP contribution in [-0.2, 0) is 18.6 Å². The predicted molar refractivity (Wildman–Crippen MR) is 128 cm³/mol. The average Bonchev–Trinajstić information content (AvgIpc) is 3.37. The summed E-state index contributed by atoms with van der Waals surface area (Å²) in [5.74, 6) is -1.65. The van der Waals surface area contributed by atoms with Gasteiger partial charge in [-0.1, -0.05) is 80.1 Å². The topological polar surface area (TPSA) is 21.1 Å². The van der Waals surface area contributed by atoms with Crippen molar-refractivity contribution in [3.05, 3.63) is 126 Å². The summed E-state index contributed by atoms with van der Waals surface area (Å²) in [5, 5.41) is 0. The SMILES string of the molecule is CCCCN(Cn1ccnc1)C(Cc1ccc(F)c(F)c1)(c1ccccc1)c1ccccc1. The fourth-order valence-electron chi connectivity index (χ4n) is 4.52. The van der Waals surface area contributed by atoms with Gasteiger partial charge in [0.25, 0.3) is 0 Å². The highest BCUT2D eigenvalue weighted by molar-refractivity contribution is 5.41. The molecule has 3 aromatic carbocycles. The maximum Gasteiger partial charge on any atom is 0.159 e. The van der Waals surface area contributed by atoms with Crippen LogP contribution in [0.15, 0.2) is 97.6 Å². The number of nitrogens with zero attached hydrogens (tertiary/aromatic N) is 3. The highest BCUT2D eigenvalue weighted by Crippen LogP contribution is 2.40. The number of hydrogen-bond acceptors (Lipinski definition) is 2. The van der Waals surface area contributed by atoms with Gasteiger partial charge < -0.3 is 4.57 Å². The molecule has 1 heterocycles. The molecule has 0 radical (unpaired) electrons. The Morgan fingerprint density at radius 1 is 0.879 bits per heavy atom. The monoisotopic (exact) mass is 445 g/mol. The van der Waals surface area contributed by atoms with E-state index in [1.165, 1.54) is 12.1 Å². The van der Waals surface area contributed by atoms with Gasteiger partial charge in [-0.05, 0) is 41.7 Å². The Balaban J connectivity index is 1.93. The molecule has 5 heteroatoms. The first kappa shape index (κ1) is 22.9. The molecule has 0 amide bonds. The number of imidazole rings is 1. The average molecular weight is 446 g/mol. The van der Waals surface area contributed by atoms with Crippen LogP contribution in [0.2, 0.25) is 0 Å². The van der Waals surface area contributed by atoms with Gasteiger partial charge in [0.2, 0.25) is 0 Å². The van der Waals surface area contributed by atoms with Crippen molar-refractivity contribution < 1.29 is 8.78 Å². The molecule has 170 valence electrons. The van der Waals surface area contributed by atoms with Gasteiger partial charge >= 0.3 is 0 Å². The van der Waals surface area contributed by atoms with E-state index in [0.717, 1.165) is 36.1 Å². The molecule has 0 spiro atoms. The Bertz CT molecular complexity index is 1090. The van der Waals surface area contributed by atoms with E-state index < -0.39 is 17.2 Å². The summed E-state index contributed by atoms with van der Waals surface area (Å²) in [5.41, 5.74) is 2.37. The zero-order chi connectivity index (χ0) is 23.1. The molecule has 0 N–H and O–H groups in total. The largest absolute Gasteiger partial charge is 0.324 e. The molecule has 3 nitrogen and oxygen atoms in total. The molecule has 0 saturated heterocycles. The summed E-state index contributed by atoms with van der Waals surface area (Å²) in [6.07, 6.45) is 8.10. The number of hydrogen-bond donors (Lipinski definition) is 0. The Hall–Kier alpha value is -3.31. The van der Waals surface area contributed by atoms with Crippen LogP contribution in [0.3, 0.4) is 0 Å². The van der Waals surface area contributed by atoms with Crippen LogP contribution in [0.5, 0.6) is 0 Å². The van der Waals surface area contributed by atoms with E-state index in [0.29, 0.717) is 13.1 Å². The maximum absolute atomic E-state index is 14.3. The predicted octanol–water partition coefficient (Wildman–Crippen LogP) is 6.41.